The fraction of sp³-hybridized carbons (Fsp3) is 0.444. The van der Waals surface area contributed by atoms with Crippen LogP contribution in [0, 0.1) is 13.8 Å². The standard InChI is InChI=1S/C18H24N2O2S/c1-11(2)15-9-16(12(3)8-17(15)21)20-18(22)7-5-6-14-10-23-13(4)19-14/h8-11,21H,5-7H2,1-4H3,(H,20,22). The van der Waals surface area contributed by atoms with Crippen molar-refractivity contribution in [2.75, 3.05) is 5.32 Å². The van der Waals surface area contributed by atoms with Gasteiger partial charge in [-0.3, -0.25) is 4.79 Å². The van der Waals surface area contributed by atoms with E-state index in [1.54, 1.807) is 17.4 Å². The maximum absolute atomic E-state index is 12.1. The molecule has 0 radical (unpaired) electrons. The normalized spacial score (nSPS) is 11.0. The fourth-order valence-corrected chi connectivity index (χ4v) is 3.12. The van der Waals surface area contributed by atoms with Gasteiger partial charge in [0.05, 0.1) is 10.7 Å². The lowest BCUT2D eigenvalue weighted by atomic mass is 9.99. The second-order valence-corrected chi connectivity index (χ2v) is 7.20. The summed E-state index contributed by atoms with van der Waals surface area (Å²) in [5, 5.41) is 16.0. The van der Waals surface area contributed by atoms with E-state index >= 15 is 0 Å². The van der Waals surface area contributed by atoms with Gasteiger partial charge in [-0.2, -0.15) is 0 Å². The molecular formula is C18H24N2O2S. The molecule has 2 rings (SSSR count). The zero-order valence-corrected chi connectivity index (χ0v) is 15.0. The quantitative estimate of drug-likeness (QED) is 0.763. The van der Waals surface area contributed by atoms with Crippen LogP contribution in [0.5, 0.6) is 5.75 Å². The molecule has 2 aromatic rings. The molecule has 0 bridgehead atoms. The highest BCUT2D eigenvalue weighted by Crippen LogP contribution is 2.31. The van der Waals surface area contributed by atoms with Crippen molar-refractivity contribution >= 4 is 22.9 Å². The number of phenols is 1. The lowest BCUT2D eigenvalue weighted by Gasteiger charge is -2.14. The number of rotatable bonds is 6. The molecule has 0 fully saturated rings. The van der Waals surface area contributed by atoms with Crippen molar-refractivity contribution < 1.29 is 9.90 Å². The number of carbonyl (C=O) groups is 1. The molecule has 0 saturated carbocycles. The first-order valence-corrected chi connectivity index (χ1v) is 8.79. The number of phenolic OH excluding ortho intramolecular Hbond substituents is 1. The molecule has 0 aliphatic carbocycles. The van der Waals surface area contributed by atoms with E-state index in [0.717, 1.165) is 40.4 Å². The Bertz CT molecular complexity index is 692. The maximum Gasteiger partial charge on any atom is 0.224 e. The summed E-state index contributed by atoms with van der Waals surface area (Å²) in [7, 11) is 0. The summed E-state index contributed by atoms with van der Waals surface area (Å²) < 4.78 is 0. The minimum Gasteiger partial charge on any atom is -0.508 e. The van der Waals surface area contributed by atoms with Crippen molar-refractivity contribution in [1.29, 1.82) is 0 Å². The Morgan fingerprint density at radius 2 is 2.09 bits per heavy atom. The molecule has 124 valence electrons. The predicted octanol–water partition coefficient (Wildman–Crippen LogP) is 4.55. The minimum atomic E-state index is 0.000414. The van der Waals surface area contributed by atoms with Crippen molar-refractivity contribution in [2.24, 2.45) is 0 Å². The van der Waals surface area contributed by atoms with Crippen LogP contribution in [0.2, 0.25) is 0 Å². The number of hydrogen-bond donors (Lipinski definition) is 2. The van der Waals surface area contributed by atoms with E-state index in [9.17, 15) is 9.90 Å². The summed E-state index contributed by atoms with van der Waals surface area (Å²) in [6.45, 7) is 7.91. The van der Waals surface area contributed by atoms with Crippen LogP contribution >= 0.6 is 11.3 Å². The van der Waals surface area contributed by atoms with Crippen LogP contribution < -0.4 is 5.32 Å². The van der Waals surface area contributed by atoms with Gasteiger partial charge in [-0.25, -0.2) is 4.98 Å². The fourth-order valence-electron chi connectivity index (χ4n) is 2.47. The van der Waals surface area contributed by atoms with Crippen molar-refractivity contribution in [3.8, 4) is 5.75 Å². The van der Waals surface area contributed by atoms with Gasteiger partial charge in [0.1, 0.15) is 5.75 Å². The number of carbonyl (C=O) groups excluding carboxylic acids is 1. The van der Waals surface area contributed by atoms with Crippen molar-refractivity contribution in [1.82, 2.24) is 4.98 Å². The number of aryl methyl sites for hydroxylation is 3. The molecule has 0 saturated heterocycles. The molecular weight excluding hydrogens is 308 g/mol. The van der Waals surface area contributed by atoms with Crippen LogP contribution in [0.3, 0.4) is 0 Å². The molecule has 4 nitrogen and oxygen atoms in total. The molecule has 2 N–H and O–H groups in total. The number of nitrogens with one attached hydrogen (secondary N) is 1. The predicted molar refractivity (Wildman–Crippen MR) is 95.4 cm³/mol. The maximum atomic E-state index is 12.1. The smallest absolute Gasteiger partial charge is 0.224 e. The van der Waals surface area contributed by atoms with Crippen molar-refractivity contribution in [3.05, 3.63) is 39.3 Å². The Balaban J connectivity index is 1.93. The van der Waals surface area contributed by atoms with E-state index in [1.165, 1.54) is 0 Å². The summed E-state index contributed by atoms with van der Waals surface area (Å²) in [6, 6.07) is 3.58. The van der Waals surface area contributed by atoms with E-state index in [-0.39, 0.29) is 17.6 Å². The summed E-state index contributed by atoms with van der Waals surface area (Å²) in [5.41, 5.74) is 3.56. The highest BCUT2D eigenvalue weighted by atomic mass is 32.1. The van der Waals surface area contributed by atoms with E-state index in [4.69, 9.17) is 0 Å². The molecule has 0 aliphatic rings. The first kappa shape index (κ1) is 17.5. The Morgan fingerprint density at radius 3 is 2.70 bits per heavy atom. The monoisotopic (exact) mass is 332 g/mol. The number of aromatic hydroxyl groups is 1. The second-order valence-electron chi connectivity index (χ2n) is 6.14. The van der Waals surface area contributed by atoms with E-state index < -0.39 is 0 Å². The first-order valence-electron chi connectivity index (χ1n) is 7.91. The van der Waals surface area contributed by atoms with Crippen LogP contribution in [-0.2, 0) is 11.2 Å². The van der Waals surface area contributed by atoms with Crippen molar-refractivity contribution in [3.63, 3.8) is 0 Å². The van der Waals surface area contributed by atoms with Gasteiger partial charge in [-0.15, -0.1) is 11.3 Å². The number of nitrogens with zero attached hydrogens (tertiary/aromatic N) is 1. The molecule has 0 spiro atoms. The van der Waals surface area contributed by atoms with Gasteiger partial charge >= 0.3 is 0 Å². The Kier molecular flexibility index (Phi) is 5.77. The van der Waals surface area contributed by atoms with Crippen LogP contribution in [0.25, 0.3) is 0 Å². The Hall–Kier alpha value is -1.88. The zero-order valence-electron chi connectivity index (χ0n) is 14.1. The van der Waals surface area contributed by atoms with Gasteiger partial charge in [0.15, 0.2) is 0 Å². The summed E-state index contributed by atoms with van der Waals surface area (Å²) in [4.78, 5) is 16.5. The van der Waals surface area contributed by atoms with E-state index in [0.29, 0.717) is 6.42 Å². The number of thiazole rings is 1. The average Bonchev–Trinajstić information content (AvgIpc) is 2.87. The lowest BCUT2D eigenvalue weighted by Crippen LogP contribution is -2.13. The summed E-state index contributed by atoms with van der Waals surface area (Å²) in [5.74, 6) is 0.494. The number of hydrogen-bond acceptors (Lipinski definition) is 4. The third-order valence-electron chi connectivity index (χ3n) is 3.77. The number of anilines is 1. The highest BCUT2D eigenvalue weighted by Gasteiger charge is 2.12. The highest BCUT2D eigenvalue weighted by molar-refractivity contribution is 7.09. The number of benzene rings is 1. The number of aromatic nitrogens is 1. The van der Waals surface area contributed by atoms with E-state index in [1.807, 2.05) is 39.1 Å². The van der Waals surface area contributed by atoms with Gasteiger partial charge in [0, 0.05) is 17.5 Å². The van der Waals surface area contributed by atoms with Crippen molar-refractivity contribution in [2.45, 2.75) is 52.9 Å². The lowest BCUT2D eigenvalue weighted by molar-refractivity contribution is -0.116. The van der Waals surface area contributed by atoms with E-state index in [2.05, 4.69) is 10.3 Å². The summed E-state index contributed by atoms with van der Waals surface area (Å²) >= 11 is 1.64. The van der Waals surface area contributed by atoms with Gasteiger partial charge in [0.2, 0.25) is 5.91 Å². The molecule has 1 amide bonds. The second kappa shape index (κ2) is 7.59. The SMILES string of the molecule is Cc1nc(CCCC(=O)Nc2cc(C(C)C)c(O)cc2C)cs1. The Morgan fingerprint density at radius 1 is 1.35 bits per heavy atom. The molecule has 23 heavy (non-hydrogen) atoms. The number of amides is 1. The third-order valence-corrected chi connectivity index (χ3v) is 4.60. The largest absolute Gasteiger partial charge is 0.508 e. The van der Waals surface area contributed by atoms with Gasteiger partial charge in [-0.05, 0) is 55.9 Å². The molecule has 1 heterocycles. The first-order chi connectivity index (χ1) is 10.9. The topological polar surface area (TPSA) is 62.2 Å². The zero-order chi connectivity index (χ0) is 17.0. The van der Waals surface area contributed by atoms with Crippen LogP contribution in [0.1, 0.15) is 54.4 Å². The average molecular weight is 332 g/mol. The van der Waals surface area contributed by atoms with Gasteiger partial charge in [0.25, 0.3) is 0 Å². The van der Waals surface area contributed by atoms with Crippen LogP contribution in [0.15, 0.2) is 17.5 Å². The minimum absolute atomic E-state index is 0.000414. The molecule has 0 atom stereocenters. The third kappa shape index (κ3) is 4.79. The molecule has 0 unspecified atom stereocenters. The molecule has 1 aromatic heterocycles. The molecule has 0 aliphatic heterocycles. The van der Waals surface area contributed by atoms with Gasteiger partial charge in [-0.1, -0.05) is 13.8 Å². The summed E-state index contributed by atoms with van der Waals surface area (Å²) in [6.07, 6.45) is 2.07. The molecule has 1 aromatic carbocycles. The van der Waals surface area contributed by atoms with Crippen LogP contribution in [-0.4, -0.2) is 16.0 Å². The molecule has 5 heteroatoms. The van der Waals surface area contributed by atoms with Gasteiger partial charge < -0.3 is 10.4 Å². The van der Waals surface area contributed by atoms with Crippen LogP contribution in [0.4, 0.5) is 5.69 Å². The Labute approximate surface area is 141 Å².